The van der Waals surface area contributed by atoms with E-state index in [0.29, 0.717) is 11.1 Å². The summed E-state index contributed by atoms with van der Waals surface area (Å²) >= 11 is 12.4. The number of amides is 3. The number of rotatable bonds is 7. The smallest absolute Gasteiger partial charge is 0.344 e. The summed E-state index contributed by atoms with van der Waals surface area (Å²) in [5.41, 5.74) is 1.06. The molecule has 31 heavy (non-hydrogen) atoms. The van der Waals surface area contributed by atoms with Crippen molar-refractivity contribution < 1.29 is 28.2 Å². The number of esters is 1. The number of carbonyl (C=O) groups excluding carboxylic acids is 3. The number of imide groups is 1. The Labute approximate surface area is 187 Å². The molecule has 2 aromatic carbocycles. The number of nitrogens with one attached hydrogen (secondary N) is 1. The lowest BCUT2D eigenvalue weighted by molar-refractivity contribution is -0.145. The molecule has 0 saturated carbocycles. The first-order valence-electron chi connectivity index (χ1n) is 9.15. The van der Waals surface area contributed by atoms with Crippen LogP contribution in [0.25, 0.3) is 6.08 Å². The molecule has 3 amide bonds. The fourth-order valence-electron chi connectivity index (χ4n) is 2.79. The van der Waals surface area contributed by atoms with Crippen molar-refractivity contribution >= 4 is 47.2 Å². The second-order valence-electron chi connectivity index (χ2n) is 6.41. The van der Waals surface area contributed by atoms with Crippen molar-refractivity contribution in [3.05, 3.63) is 69.1 Å². The van der Waals surface area contributed by atoms with Gasteiger partial charge in [-0.25, -0.2) is 14.0 Å². The highest BCUT2D eigenvalue weighted by molar-refractivity contribution is 6.37. The van der Waals surface area contributed by atoms with Crippen LogP contribution in [0, 0.1) is 5.82 Å². The number of hydrogen-bond donors (Lipinski definition) is 1. The molecule has 3 rings (SSSR count). The van der Waals surface area contributed by atoms with Crippen LogP contribution >= 0.6 is 23.2 Å². The molecule has 1 aliphatic rings. The van der Waals surface area contributed by atoms with E-state index in [2.05, 4.69) is 5.32 Å². The second kappa shape index (κ2) is 9.80. The summed E-state index contributed by atoms with van der Waals surface area (Å²) in [6, 6.07) is 7.83. The number of urea groups is 1. The minimum atomic E-state index is -0.604. The van der Waals surface area contributed by atoms with Gasteiger partial charge in [0.15, 0.2) is 12.4 Å². The number of benzene rings is 2. The van der Waals surface area contributed by atoms with Gasteiger partial charge in [0, 0.05) is 0 Å². The topological polar surface area (TPSA) is 84.9 Å². The first-order valence-corrected chi connectivity index (χ1v) is 9.90. The lowest BCUT2D eigenvalue weighted by Gasteiger charge is -2.11. The molecule has 7 nitrogen and oxygen atoms in total. The van der Waals surface area contributed by atoms with Crippen molar-refractivity contribution in [2.75, 3.05) is 13.2 Å². The Kier molecular flexibility index (Phi) is 7.14. The zero-order chi connectivity index (χ0) is 22.5. The van der Waals surface area contributed by atoms with Crippen molar-refractivity contribution in [2.45, 2.75) is 13.5 Å². The molecule has 10 heteroatoms. The predicted molar refractivity (Wildman–Crippen MR) is 112 cm³/mol. The fourth-order valence-corrected chi connectivity index (χ4v) is 3.40. The summed E-state index contributed by atoms with van der Waals surface area (Å²) in [6.07, 6.45) is 1.41. The van der Waals surface area contributed by atoms with Gasteiger partial charge in [-0.15, -0.1) is 0 Å². The van der Waals surface area contributed by atoms with E-state index in [4.69, 9.17) is 32.7 Å². The van der Waals surface area contributed by atoms with Crippen molar-refractivity contribution in [2.24, 2.45) is 0 Å². The summed E-state index contributed by atoms with van der Waals surface area (Å²) in [5.74, 6) is -1.44. The van der Waals surface area contributed by atoms with Crippen LogP contribution in [0.15, 0.2) is 42.1 Å². The molecule has 0 aliphatic carbocycles. The molecular weight excluding hydrogens is 450 g/mol. The maximum Gasteiger partial charge on any atom is 0.344 e. The Bertz CT molecular complexity index is 1030. The average molecular weight is 467 g/mol. The standard InChI is InChI=1S/C21H17Cl2FN2O5/c1-2-30-18(27)11-31-19-15(22)7-13(8-16(19)23)9-17-20(28)26(21(29)25-17)10-12-3-5-14(24)6-4-12/h3-9H,2,10-11H2,1H3,(H,25,29)/b17-9+. The van der Waals surface area contributed by atoms with Gasteiger partial charge in [-0.3, -0.25) is 9.69 Å². The van der Waals surface area contributed by atoms with Crippen molar-refractivity contribution in [1.29, 1.82) is 0 Å². The van der Waals surface area contributed by atoms with Crippen LogP contribution in [-0.2, 0) is 20.9 Å². The highest BCUT2D eigenvalue weighted by atomic mass is 35.5. The van der Waals surface area contributed by atoms with Crippen LogP contribution in [0.2, 0.25) is 10.0 Å². The van der Waals surface area contributed by atoms with Gasteiger partial charge in [0.2, 0.25) is 0 Å². The summed E-state index contributed by atoms with van der Waals surface area (Å²) in [6.45, 7) is 1.52. The largest absolute Gasteiger partial charge is 0.479 e. The Morgan fingerprint density at radius 3 is 2.42 bits per heavy atom. The Balaban J connectivity index is 1.75. The van der Waals surface area contributed by atoms with Gasteiger partial charge >= 0.3 is 12.0 Å². The van der Waals surface area contributed by atoms with E-state index in [1.807, 2.05) is 0 Å². The zero-order valence-corrected chi connectivity index (χ0v) is 17.8. The lowest BCUT2D eigenvalue weighted by atomic mass is 10.1. The average Bonchev–Trinajstić information content (AvgIpc) is 2.96. The molecule has 2 aromatic rings. The van der Waals surface area contributed by atoms with Crippen LogP contribution < -0.4 is 10.1 Å². The van der Waals surface area contributed by atoms with Crippen LogP contribution in [0.4, 0.5) is 9.18 Å². The van der Waals surface area contributed by atoms with E-state index in [0.717, 1.165) is 4.90 Å². The third kappa shape index (κ3) is 5.53. The van der Waals surface area contributed by atoms with E-state index in [9.17, 15) is 18.8 Å². The van der Waals surface area contributed by atoms with Gasteiger partial charge in [0.05, 0.1) is 23.2 Å². The molecule has 1 aliphatic heterocycles. The second-order valence-corrected chi connectivity index (χ2v) is 7.23. The molecule has 1 saturated heterocycles. The van der Waals surface area contributed by atoms with Gasteiger partial charge in [0.1, 0.15) is 11.5 Å². The Morgan fingerprint density at radius 2 is 1.81 bits per heavy atom. The molecular formula is C21H17Cl2FN2O5. The lowest BCUT2D eigenvalue weighted by Crippen LogP contribution is -2.30. The van der Waals surface area contributed by atoms with Crippen LogP contribution in [0.5, 0.6) is 5.75 Å². The normalized spacial score (nSPS) is 14.7. The third-order valence-electron chi connectivity index (χ3n) is 4.19. The van der Waals surface area contributed by atoms with E-state index in [1.165, 1.54) is 42.5 Å². The first kappa shape index (κ1) is 22.6. The zero-order valence-electron chi connectivity index (χ0n) is 16.3. The van der Waals surface area contributed by atoms with E-state index >= 15 is 0 Å². The van der Waals surface area contributed by atoms with Gasteiger partial charge in [-0.1, -0.05) is 35.3 Å². The summed E-state index contributed by atoms with van der Waals surface area (Å²) < 4.78 is 23.1. The highest BCUT2D eigenvalue weighted by Gasteiger charge is 2.33. The highest BCUT2D eigenvalue weighted by Crippen LogP contribution is 2.35. The monoisotopic (exact) mass is 466 g/mol. The quantitative estimate of drug-likeness (QED) is 0.376. The molecule has 1 fully saturated rings. The number of hydrogen-bond acceptors (Lipinski definition) is 5. The number of ether oxygens (including phenoxy) is 2. The molecule has 162 valence electrons. The fraction of sp³-hybridized carbons (Fsp3) is 0.190. The number of nitrogens with zero attached hydrogens (tertiary/aromatic N) is 1. The molecule has 0 spiro atoms. The predicted octanol–water partition coefficient (Wildman–Crippen LogP) is 4.17. The summed E-state index contributed by atoms with van der Waals surface area (Å²) in [7, 11) is 0. The van der Waals surface area contributed by atoms with Crippen molar-refractivity contribution in [3.63, 3.8) is 0 Å². The van der Waals surface area contributed by atoms with Crippen LogP contribution in [0.3, 0.4) is 0 Å². The minimum Gasteiger partial charge on any atom is -0.479 e. The molecule has 0 radical (unpaired) electrons. The molecule has 0 unspecified atom stereocenters. The van der Waals surface area contributed by atoms with Gasteiger partial charge in [-0.2, -0.15) is 0 Å². The van der Waals surface area contributed by atoms with Crippen LogP contribution in [-0.4, -0.2) is 36.0 Å². The molecule has 0 bridgehead atoms. The number of carbonyl (C=O) groups is 3. The summed E-state index contributed by atoms with van der Waals surface area (Å²) in [5, 5.41) is 2.72. The SMILES string of the molecule is CCOC(=O)COc1c(Cl)cc(/C=C2/NC(=O)N(Cc3ccc(F)cc3)C2=O)cc1Cl. The van der Waals surface area contributed by atoms with E-state index in [-0.39, 0.29) is 41.3 Å². The maximum atomic E-state index is 13.1. The first-order chi connectivity index (χ1) is 14.8. The van der Waals surface area contributed by atoms with E-state index < -0.39 is 23.7 Å². The van der Waals surface area contributed by atoms with Crippen LogP contribution in [0.1, 0.15) is 18.1 Å². The number of halogens is 3. The van der Waals surface area contributed by atoms with Gasteiger partial charge < -0.3 is 14.8 Å². The van der Waals surface area contributed by atoms with Gasteiger partial charge in [-0.05, 0) is 48.4 Å². The molecule has 1 N–H and O–H groups in total. The third-order valence-corrected chi connectivity index (χ3v) is 4.75. The maximum absolute atomic E-state index is 13.1. The Morgan fingerprint density at radius 1 is 1.16 bits per heavy atom. The van der Waals surface area contributed by atoms with Gasteiger partial charge in [0.25, 0.3) is 5.91 Å². The van der Waals surface area contributed by atoms with Crippen molar-refractivity contribution in [1.82, 2.24) is 10.2 Å². The van der Waals surface area contributed by atoms with Crippen molar-refractivity contribution in [3.8, 4) is 5.75 Å². The molecule has 0 aromatic heterocycles. The van der Waals surface area contributed by atoms with E-state index in [1.54, 1.807) is 6.92 Å². The minimum absolute atomic E-state index is 0.00949. The summed E-state index contributed by atoms with van der Waals surface area (Å²) in [4.78, 5) is 37.3. The molecule has 0 atom stereocenters. The Hall–Kier alpha value is -3.10. The molecule has 1 heterocycles.